The lowest BCUT2D eigenvalue weighted by molar-refractivity contribution is -0.122. The topological polar surface area (TPSA) is 123 Å². The van der Waals surface area contributed by atoms with E-state index < -0.39 is 17.8 Å². The number of carbonyl (C=O) groups is 4. The molecule has 194 valence electrons. The number of imide groups is 2. The van der Waals surface area contributed by atoms with Gasteiger partial charge in [-0.15, -0.1) is 0 Å². The van der Waals surface area contributed by atoms with Gasteiger partial charge in [0.25, 0.3) is 17.7 Å². The van der Waals surface area contributed by atoms with Crippen molar-refractivity contribution >= 4 is 57.1 Å². The largest absolute Gasteiger partial charge is 0.497 e. The number of ether oxygens (including phenoxy) is 3. The minimum absolute atomic E-state index is 0.234. The molecule has 4 rings (SSSR count). The Labute approximate surface area is 226 Å². The molecule has 1 aliphatic rings. The van der Waals surface area contributed by atoms with Gasteiger partial charge in [0.15, 0.2) is 18.1 Å². The number of amides is 5. The Bertz CT molecular complexity index is 1420. The molecule has 1 heterocycles. The summed E-state index contributed by atoms with van der Waals surface area (Å²) in [7, 11) is 2.97. The first-order chi connectivity index (χ1) is 18.3. The van der Waals surface area contributed by atoms with E-state index in [9.17, 15) is 19.2 Å². The van der Waals surface area contributed by atoms with Gasteiger partial charge >= 0.3 is 6.03 Å². The second-order valence-electron chi connectivity index (χ2n) is 7.91. The Kier molecular flexibility index (Phi) is 8.07. The molecule has 1 fully saturated rings. The summed E-state index contributed by atoms with van der Waals surface area (Å²) in [4.78, 5) is 51.1. The van der Waals surface area contributed by atoms with Crippen LogP contribution in [0.1, 0.15) is 5.56 Å². The molecule has 1 saturated heterocycles. The zero-order valence-electron chi connectivity index (χ0n) is 20.3. The number of barbiturate groups is 1. The maximum absolute atomic E-state index is 13.1. The number of hydrogen-bond donors (Lipinski definition) is 2. The van der Waals surface area contributed by atoms with E-state index in [1.54, 1.807) is 73.8 Å². The summed E-state index contributed by atoms with van der Waals surface area (Å²) in [5.41, 5.74) is 1.10. The van der Waals surface area contributed by atoms with Crippen molar-refractivity contribution in [3.05, 3.63) is 82.3 Å². The van der Waals surface area contributed by atoms with Crippen LogP contribution in [0.5, 0.6) is 17.2 Å². The molecule has 0 atom stereocenters. The molecule has 38 heavy (non-hydrogen) atoms. The van der Waals surface area contributed by atoms with Gasteiger partial charge in [0.2, 0.25) is 0 Å². The molecular weight excluding hydrogens is 558 g/mol. The summed E-state index contributed by atoms with van der Waals surface area (Å²) in [6.45, 7) is -0.284. The van der Waals surface area contributed by atoms with Crippen molar-refractivity contribution in [1.29, 1.82) is 0 Å². The number of halogens is 1. The molecule has 3 aromatic rings. The van der Waals surface area contributed by atoms with Gasteiger partial charge in [0, 0.05) is 10.2 Å². The van der Waals surface area contributed by atoms with E-state index in [0.717, 1.165) is 9.37 Å². The molecule has 0 bridgehead atoms. The predicted octanol–water partition coefficient (Wildman–Crippen LogP) is 4.15. The van der Waals surface area contributed by atoms with Crippen LogP contribution in [0.3, 0.4) is 0 Å². The summed E-state index contributed by atoms with van der Waals surface area (Å²) in [6.07, 6.45) is 1.35. The molecule has 0 radical (unpaired) electrons. The first-order valence-corrected chi connectivity index (χ1v) is 12.0. The average molecular weight is 580 g/mol. The lowest BCUT2D eigenvalue weighted by Gasteiger charge is -2.26. The summed E-state index contributed by atoms with van der Waals surface area (Å²) in [5, 5.41) is 4.90. The molecule has 2 N–H and O–H groups in total. The van der Waals surface area contributed by atoms with E-state index >= 15 is 0 Å². The van der Waals surface area contributed by atoms with E-state index in [2.05, 4.69) is 26.6 Å². The molecule has 10 nitrogen and oxygen atoms in total. The number of urea groups is 1. The number of nitrogens with zero attached hydrogens (tertiary/aromatic N) is 1. The SMILES string of the molecule is COc1ccc(NC(=O)COc2ccc(/C=C3\C(=O)NC(=O)N(c4ccc(Br)cc4)C3=O)cc2OC)cc1. The highest BCUT2D eigenvalue weighted by atomic mass is 79.9. The Balaban J connectivity index is 1.48. The second kappa shape index (κ2) is 11.6. The molecule has 1 aliphatic heterocycles. The highest BCUT2D eigenvalue weighted by molar-refractivity contribution is 9.10. The molecule has 0 unspecified atom stereocenters. The lowest BCUT2D eigenvalue weighted by Crippen LogP contribution is -2.54. The fraction of sp³-hybridized carbons (Fsp3) is 0.111. The van der Waals surface area contributed by atoms with Crippen LogP contribution in [-0.2, 0) is 14.4 Å². The monoisotopic (exact) mass is 579 g/mol. The number of carbonyl (C=O) groups excluding carboxylic acids is 4. The van der Waals surface area contributed by atoms with Gasteiger partial charge in [-0.3, -0.25) is 19.7 Å². The number of anilines is 2. The molecule has 0 aliphatic carbocycles. The maximum atomic E-state index is 13.1. The van der Waals surface area contributed by atoms with E-state index in [0.29, 0.717) is 22.7 Å². The highest BCUT2D eigenvalue weighted by Crippen LogP contribution is 2.30. The molecule has 3 aromatic carbocycles. The number of benzene rings is 3. The van der Waals surface area contributed by atoms with Crippen LogP contribution >= 0.6 is 15.9 Å². The standard InChI is InChI=1S/C27H22BrN3O7/c1-36-20-10-6-18(7-11-20)29-24(32)15-38-22-12-3-16(14-23(22)37-2)13-21-25(33)30-27(35)31(26(21)34)19-8-4-17(28)5-9-19/h3-14H,15H2,1-2H3,(H,29,32)(H,30,33,35)/b21-13+. The summed E-state index contributed by atoms with van der Waals surface area (Å²) >= 11 is 3.31. The molecule has 0 saturated carbocycles. The zero-order valence-corrected chi connectivity index (χ0v) is 21.9. The first kappa shape index (κ1) is 26.4. The van der Waals surface area contributed by atoms with Crippen LogP contribution in [0.2, 0.25) is 0 Å². The van der Waals surface area contributed by atoms with Crippen LogP contribution in [-0.4, -0.2) is 44.6 Å². The van der Waals surface area contributed by atoms with Crippen molar-refractivity contribution in [2.75, 3.05) is 31.0 Å². The van der Waals surface area contributed by atoms with Gasteiger partial charge in [-0.1, -0.05) is 22.0 Å². The molecule has 0 aromatic heterocycles. The fourth-order valence-corrected chi connectivity index (χ4v) is 3.82. The van der Waals surface area contributed by atoms with Gasteiger partial charge in [0.05, 0.1) is 19.9 Å². The summed E-state index contributed by atoms with van der Waals surface area (Å²) < 4.78 is 16.8. The predicted molar refractivity (Wildman–Crippen MR) is 143 cm³/mol. The fourth-order valence-electron chi connectivity index (χ4n) is 3.56. The third kappa shape index (κ3) is 6.01. The van der Waals surface area contributed by atoms with Gasteiger partial charge in [-0.05, 0) is 72.3 Å². The van der Waals surface area contributed by atoms with E-state index in [-0.39, 0.29) is 29.6 Å². The van der Waals surface area contributed by atoms with Crippen LogP contribution in [0.4, 0.5) is 16.2 Å². The van der Waals surface area contributed by atoms with Crippen molar-refractivity contribution in [2.24, 2.45) is 0 Å². The van der Waals surface area contributed by atoms with Gasteiger partial charge < -0.3 is 19.5 Å². The number of methoxy groups -OCH3 is 2. The smallest absolute Gasteiger partial charge is 0.335 e. The number of rotatable bonds is 8. The summed E-state index contributed by atoms with van der Waals surface area (Å²) in [5.74, 6) is -0.741. The van der Waals surface area contributed by atoms with E-state index in [1.165, 1.54) is 13.2 Å². The van der Waals surface area contributed by atoms with Crippen molar-refractivity contribution < 1.29 is 33.4 Å². The van der Waals surface area contributed by atoms with E-state index in [4.69, 9.17) is 14.2 Å². The third-order valence-corrected chi connectivity index (χ3v) is 5.95. The normalized spacial score (nSPS) is 14.2. The second-order valence-corrected chi connectivity index (χ2v) is 8.83. The van der Waals surface area contributed by atoms with Crippen molar-refractivity contribution in [1.82, 2.24) is 5.32 Å². The molecule has 5 amide bonds. The summed E-state index contributed by atoms with van der Waals surface area (Å²) in [6, 6.07) is 17.2. The van der Waals surface area contributed by atoms with Crippen molar-refractivity contribution in [3.63, 3.8) is 0 Å². The van der Waals surface area contributed by atoms with Gasteiger partial charge in [-0.25, -0.2) is 9.69 Å². The maximum Gasteiger partial charge on any atom is 0.335 e. The van der Waals surface area contributed by atoms with Crippen LogP contribution < -0.4 is 29.7 Å². The molecule has 0 spiro atoms. The van der Waals surface area contributed by atoms with Crippen LogP contribution in [0.25, 0.3) is 6.08 Å². The van der Waals surface area contributed by atoms with E-state index in [1.807, 2.05) is 0 Å². The number of nitrogens with one attached hydrogen (secondary N) is 2. The molecule has 11 heteroatoms. The quantitative estimate of drug-likeness (QED) is 0.303. The van der Waals surface area contributed by atoms with Crippen LogP contribution in [0.15, 0.2) is 76.8 Å². The minimum Gasteiger partial charge on any atom is -0.497 e. The Morgan fingerprint density at radius 3 is 2.32 bits per heavy atom. The van der Waals surface area contributed by atoms with Gasteiger partial charge in [-0.2, -0.15) is 0 Å². The van der Waals surface area contributed by atoms with Gasteiger partial charge in [0.1, 0.15) is 11.3 Å². The number of hydrogen-bond acceptors (Lipinski definition) is 7. The molecular formula is C27H22BrN3O7. The average Bonchev–Trinajstić information content (AvgIpc) is 2.91. The first-order valence-electron chi connectivity index (χ1n) is 11.2. The van der Waals surface area contributed by atoms with Crippen molar-refractivity contribution in [2.45, 2.75) is 0 Å². The Hall–Kier alpha value is -4.64. The van der Waals surface area contributed by atoms with Crippen molar-refractivity contribution in [3.8, 4) is 17.2 Å². The Morgan fingerprint density at radius 1 is 0.947 bits per heavy atom. The third-order valence-electron chi connectivity index (χ3n) is 5.42. The highest BCUT2D eigenvalue weighted by Gasteiger charge is 2.36. The Morgan fingerprint density at radius 2 is 1.66 bits per heavy atom. The van der Waals surface area contributed by atoms with Crippen LogP contribution in [0, 0.1) is 0 Å². The zero-order chi connectivity index (χ0) is 27.2. The lowest BCUT2D eigenvalue weighted by atomic mass is 10.1. The minimum atomic E-state index is -0.839.